The van der Waals surface area contributed by atoms with Crippen molar-refractivity contribution in [2.45, 2.75) is 18.9 Å². The van der Waals surface area contributed by atoms with E-state index in [1.165, 1.54) is 12.1 Å². The van der Waals surface area contributed by atoms with Crippen molar-refractivity contribution in [3.8, 4) is 0 Å². The Morgan fingerprint density at radius 3 is 3.00 bits per heavy atom. The summed E-state index contributed by atoms with van der Waals surface area (Å²) < 4.78 is 13.3. The summed E-state index contributed by atoms with van der Waals surface area (Å²) in [4.78, 5) is 11.5. The van der Waals surface area contributed by atoms with E-state index in [0.717, 1.165) is 6.42 Å². The van der Waals surface area contributed by atoms with Crippen LogP contribution in [-0.2, 0) is 4.79 Å². The summed E-state index contributed by atoms with van der Waals surface area (Å²) >= 11 is 5.60. The highest BCUT2D eigenvalue weighted by atomic mass is 35.5. The number of hydrogen-bond donors (Lipinski definition) is 3. The van der Waals surface area contributed by atoms with Gasteiger partial charge in [0.2, 0.25) is 5.91 Å². The molecule has 1 fully saturated rings. The van der Waals surface area contributed by atoms with Gasteiger partial charge in [0, 0.05) is 12.6 Å². The zero-order valence-corrected chi connectivity index (χ0v) is 9.85. The van der Waals surface area contributed by atoms with Crippen molar-refractivity contribution in [3.05, 3.63) is 23.0 Å². The molecule has 4 nitrogen and oxygen atoms in total. The minimum absolute atomic E-state index is 0.0267. The molecule has 0 aliphatic carbocycles. The van der Waals surface area contributed by atoms with Crippen LogP contribution < -0.4 is 16.4 Å². The molecule has 0 bridgehead atoms. The number of carbonyl (C=O) groups is 1. The fourth-order valence-corrected chi connectivity index (χ4v) is 1.96. The summed E-state index contributed by atoms with van der Waals surface area (Å²) in [5, 5.41) is 5.64. The van der Waals surface area contributed by atoms with Crippen LogP contribution in [0.15, 0.2) is 12.1 Å². The van der Waals surface area contributed by atoms with Crippen molar-refractivity contribution in [2.75, 3.05) is 17.6 Å². The molecule has 0 spiro atoms. The van der Waals surface area contributed by atoms with Gasteiger partial charge in [0.25, 0.3) is 0 Å². The molecule has 1 saturated heterocycles. The van der Waals surface area contributed by atoms with Crippen LogP contribution in [0.2, 0.25) is 5.02 Å². The number of anilines is 2. The van der Waals surface area contributed by atoms with E-state index in [4.69, 9.17) is 17.3 Å². The van der Waals surface area contributed by atoms with Crippen molar-refractivity contribution in [2.24, 2.45) is 0 Å². The first-order valence-corrected chi connectivity index (χ1v) is 5.74. The molecule has 0 aromatic heterocycles. The Balaban J connectivity index is 2.17. The predicted molar refractivity (Wildman–Crippen MR) is 65.5 cm³/mol. The van der Waals surface area contributed by atoms with Crippen LogP contribution in [0.5, 0.6) is 0 Å². The Hall–Kier alpha value is -1.49. The SMILES string of the molecule is Nc1cc(Cl)c(F)cc1NC1CCCNC1=O. The number of nitrogen functional groups attached to an aromatic ring is 1. The summed E-state index contributed by atoms with van der Waals surface area (Å²) in [7, 11) is 0. The minimum Gasteiger partial charge on any atom is -0.397 e. The zero-order chi connectivity index (χ0) is 12.4. The van der Waals surface area contributed by atoms with Gasteiger partial charge in [-0.25, -0.2) is 4.39 Å². The van der Waals surface area contributed by atoms with E-state index < -0.39 is 5.82 Å². The van der Waals surface area contributed by atoms with E-state index in [-0.39, 0.29) is 17.0 Å². The Bertz CT molecular complexity index is 453. The lowest BCUT2D eigenvalue weighted by Gasteiger charge is -2.24. The third-order valence-corrected chi connectivity index (χ3v) is 3.00. The normalized spacial score (nSPS) is 19.9. The van der Waals surface area contributed by atoms with E-state index in [2.05, 4.69) is 10.6 Å². The molecule has 1 heterocycles. The number of amides is 1. The smallest absolute Gasteiger partial charge is 0.242 e. The van der Waals surface area contributed by atoms with Gasteiger partial charge in [-0.3, -0.25) is 4.79 Å². The highest BCUT2D eigenvalue weighted by Crippen LogP contribution is 2.27. The monoisotopic (exact) mass is 257 g/mol. The highest BCUT2D eigenvalue weighted by molar-refractivity contribution is 6.31. The highest BCUT2D eigenvalue weighted by Gasteiger charge is 2.22. The summed E-state index contributed by atoms with van der Waals surface area (Å²) in [6.45, 7) is 0.682. The Labute approximate surface area is 103 Å². The van der Waals surface area contributed by atoms with Crippen LogP contribution in [0, 0.1) is 5.82 Å². The molecule has 2 rings (SSSR count). The number of hydrogen-bond acceptors (Lipinski definition) is 3. The van der Waals surface area contributed by atoms with Crippen molar-refractivity contribution in [1.82, 2.24) is 5.32 Å². The standard InChI is InChI=1S/C11H13ClFN3O/c12-6-4-8(14)10(5-7(6)13)16-9-2-1-3-15-11(9)17/h4-5,9,16H,1-3,14H2,(H,15,17). The second-order valence-corrected chi connectivity index (χ2v) is 4.39. The number of rotatable bonds is 2. The lowest BCUT2D eigenvalue weighted by atomic mass is 10.1. The number of benzene rings is 1. The topological polar surface area (TPSA) is 67.2 Å². The second-order valence-electron chi connectivity index (χ2n) is 3.98. The summed E-state index contributed by atoms with van der Waals surface area (Å²) in [6, 6.07) is 2.17. The zero-order valence-electron chi connectivity index (χ0n) is 9.09. The van der Waals surface area contributed by atoms with E-state index in [1.54, 1.807) is 0 Å². The van der Waals surface area contributed by atoms with Gasteiger partial charge in [0.05, 0.1) is 16.4 Å². The van der Waals surface area contributed by atoms with E-state index >= 15 is 0 Å². The Morgan fingerprint density at radius 1 is 1.53 bits per heavy atom. The van der Waals surface area contributed by atoms with Gasteiger partial charge in [0.1, 0.15) is 11.9 Å². The van der Waals surface area contributed by atoms with Crippen molar-refractivity contribution in [3.63, 3.8) is 0 Å². The largest absolute Gasteiger partial charge is 0.397 e. The second kappa shape index (κ2) is 4.79. The predicted octanol–water partition coefficient (Wildman–Crippen LogP) is 1.75. The van der Waals surface area contributed by atoms with Gasteiger partial charge in [-0.1, -0.05) is 11.6 Å². The molecule has 1 aliphatic heterocycles. The lowest BCUT2D eigenvalue weighted by Crippen LogP contribution is -2.44. The summed E-state index contributed by atoms with van der Waals surface area (Å²) in [6.07, 6.45) is 1.59. The van der Waals surface area contributed by atoms with Crippen LogP contribution in [0.3, 0.4) is 0 Å². The summed E-state index contributed by atoms with van der Waals surface area (Å²) in [5.41, 5.74) is 6.43. The molecular formula is C11H13ClFN3O. The molecule has 1 atom stereocenters. The maximum atomic E-state index is 13.3. The first-order chi connectivity index (χ1) is 8.08. The minimum atomic E-state index is -0.556. The van der Waals surface area contributed by atoms with E-state index in [0.29, 0.717) is 24.3 Å². The number of carbonyl (C=O) groups excluding carboxylic acids is 1. The lowest BCUT2D eigenvalue weighted by molar-refractivity contribution is -0.123. The molecule has 4 N–H and O–H groups in total. The van der Waals surface area contributed by atoms with Crippen molar-refractivity contribution >= 4 is 28.9 Å². The van der Waals surface area contributed by atoms with Crippen LogP contribution in [-0.4, -0.2) is 18.5 Å². The van der Waals surface area contributed by atoms with Gasteiger partial charge in [0.15, 0.2) is 0 Å². The van der Waals surface area contributed by atoms with Crippen LogP contribution in [0.4, 0.5) is 15.8 Å². The van der Waals surface area contributed by atoms with Crippen LogP contribution >= 0.6 is 11.6 Å². The Morgan fingerprint density at radius 2 is 2.29 bits per heavy atom. The molecule has 1 aromatic carbocycles. The molecule has 1 aromatic rings. The van der Waals surface area contributed by atoms with Gasteiger partial charge in [-0.2, -0.15) is 0 Å². The van der Waals surface area contributed by atoms with Crippen molar-refractivity contribution in [1.29, 1.82) is 0 Å². The van der Waals surface area contributed by atoms with E-state index in [9.17, 15) is 9.18 Å². The fourth-order valence-electron chi connectivity index (χ4n) is 1.78. The average Bonchev–Trinajstić information content (AvgIpc) is 2.29. The van der Waals surface area contributed by atoms with Crippen LogP contribution in [0.1, 0.15) is 12.8 Å². The maximum absolute atomic E-state index is 13.3. The third kappa shape index (κ3) is 2.61. The first kappa shape index (κ1) is 12.0. The maximum Gasteiger partial charge on any atom is 0.242 e. The molecule has 1 aliphatic rings. The average molecular weight is 258 g/mol. The first-order valence-electron chi connectivity index (χ1n) is 5.36. The van der Waals surface area contributed by atoms with Gasteiger partial charge in [-0.05, 0) is 18.9 Å². The number of piperidine rings is 1. The molecule has 0 saturated carbocycles. The molecular weight excluding hydrogens is 245 g/mol. The quantitative estimate of drug-likeness (QED) is 0.707. The molecule has 0 radical (unpaired) electrons. The van der Waals surface area contributed by atoms with Gasteiger partial charge in [-0.15, -0.1) is 0 Å². The van der Waals surface area contributed by atoms with Gasteiger partial charge < -0.3 is 16.4 Å². The molecule has 1 unspecified atom stereocenters. The molecule has 1 amide bonds. The van der Waals surface area contributed by atoms with Gasteiger partial charge >= 0.3 is 0 Å². The summed E-state index contributed by atoms with van der Waals surface area (Å²) in [5.74, 6) is -0.648. The third-order valence-electron chi connectivity index (χ3n) is 2.71. The number of nitrogens with one attached hydrogen (secondary N) is 2. The fraction of sp³-hybridized carbons (Fsp3) is 0.364. The van der Waals surface area contributed by atoms with Crippen molar-refractivity contribution < 1.29 is 9.18 Å². The molecule has 17 heavy (non-hydrogen) atoms. The number of nitrogens with two attached hydrogens (primary N) is 1. The molecule has 92 valence electrons. The molecule has 6 heteroatoms. The Kier molecular flexibility index (Phi) is 3.38. The van der Waals surface area contributed by atoms with E-state index in [1.807, 2.05) is 0 Å². The number of halogens is 2. The van der Waals surface area contributed by atoms with Crippen LogP contribution in [0.25, 0.3) is 0 Å².